The van der Waals surface area contributed by atoms with Gasteiger partial charge in [-0.1, -0.05) is 34.9 Å². The Morgan fingerprint density at radius 2 is 2.07 bits per heavy atom. The summed E-state index contributed by atoms with van der Waals surface area (Å²) in [5.41, 5.74) is 1.42. The zero-order valence-electron chi connectivity index (χ0n) is 13.9. The lowest BCUT2D eigenvalue weighted by Gasteiger charge is -2.14. The molecule has 1 aromatic heterocycles. The molecule has 0 unspecified atom stereocenters. The molecule has 0 atom stereocenters. The lowest BCUT2D eigenvalue weighted by Crippen LogP contribution is -2.29. The summed E-state index contributed by atoms with van der Waals surface area (Å²) in [6.07, 6.45) is 4.47. The summed E-state index contributed by atoms with van der Waals surface area (Å²) < 4.78 is 1.33. The Labute approximate surface area is 171 Å². The molecule has 1 amide bonds. The fourth-order valence-corrected chi connectivity index (χ4v) is 3.21. The number of rotatable bonds is 5. The Morgan fingerprint density at radius 1 is 1.37 bits per heavy atom. The second kappa shape index (κ2) is 9.18. The van der Waals surface area contributed by atoms with Crippen LogP contribution >= 0.6 is 35.6 Å². The number of carbonyl (C=O) groups is 1. The van der Waals surface area contributed by atoms with Gasteiger partial charge in [0.05, 0.1) is 15.0 Å². The van der Waals surface area contributed by atoms with Gasteiger partial charge < -0.3 is 10.6 Å². The standard InChI is InChI=1S/C16H15Cl2N5O3.ClH/c17-12-7-11(23(25)26)8-13(18)15(12)22-6-3-14(21-22)16(24)20-9-10-1-4-19-5-2-10;/h1,3,6-8,19H,2,4-5,9H2,(H,20,24);1H. The first-order valence-corrected chi connectivity index (χ1v) is 8.57. The molecule has 144 valence electrons. The summed E-state index contributed by atoms with van der Waals surface area (Å²) in [6.45, 7) is 2.16. The Balaban J connectivity index is 0.00000261. The van der Waals surface area contributed by atoms with E-state index in [2.05, 4.69) is 21.8 Å². The van der Waals surface area contributed by atoms with E-state index in [1.54, 1.807) is 0 Å². The minimum atomic E-state index is -0.584. The van der Waals surface area contributed by atoms with Crippen LogP contribution in [-0.4, -0.2) is 40.2 Å². The third-order valence-corrected chi connectivity index (χ3v) is 4.47. The van der Waals surface area contributed by atoms with E-state index in [0.717, 1.165) is 25.1 Å². The van der Waals surface area contributed by atoms with Gasteiger partial charge in [-0.05, 0) is 19.0 Å². The molecule has 0 aliphatic carbocycles. The molecule has 3 rings (SSSR count). The van der Waals surface area contributed by atoms with Crippen molar-refractivity contribution >= 4 is 47.2 Å². The highest BCUT2D eigenvalue weighted by molar-refractivity contribution is 6.38. The third-order valence-electron chi connectivity index (χ3n) is 3.90. The van der Waals surface area contributed by atoms with Crippen molar-refractivity contribution < 1.29 is 9.72 Å². The summed E-state index contributed by atoms with van der Waals surface area (Å²) in [4.78, 5) is 22.5. The smallest absolute Gasteiger partial charge is 0.272 e. The van der Waals surface area contributed by atoms with E-state index in [9.17, 15) is 14.9 Å². The van der Waals surface area contributed by atoms with Gasteiger partial charge in [0.1, 0.15) is 5.69 Å². The Morgan fingerprint density at radius 3 is 2.67 bits per heavy atom. The number of carbonyl (C=O) groups excluding carboxylic acids is 1. The molecule has 27 heavy (non-hydrogen) atoms. The molecule has 11 heteroatoms. The number of hydrogen-bond acceptors (Lipinski definition) is 5. The first kappa shape index (κ1) is 21.2. The minimum absolute atomic E-state index is 0. The maximum absolute atomic E-state index is 12.3. The van der Waals surface area contributed by atoms with Crippen LogP contribution in [-0.2, 0) is 0 Å². The number of benzene rings is 1. The van der Waals surface area contributed by atoms with Crippen molar-refractivity contribution in [3.8, 4) is 5.69 Å². The Bertz CT molecular complexity index is 874. The molecule has 0 fully saturated rings. The molecule has 2 aromatic rings. The lowest BCUT2D eigenvalue weighted by atomic mass is 10.1. The molecule has 1 aliphatic rings. The van der Waals surface area contributed by atoms with Crippen LogP contribution in [0.3, 0.4) is 0 Å². The number of aromatic nitrogens is 2. The fourth-order valence-electron chi connectivity index (χ4n) is 2.56. The van der Waals surface area contributed by atoms with Crippen LogP contribution in [0.25, 0.3) is 5.69 Å². The molecule has 2 heterocycles. The first-order valence-electron chi connectivity index (χ1n) is 7.82. The fraction of sp³-hybridized carbons (Fsp3) is 0.250. The van der Waals surface area contributed by atoms with Gasteiger partial charge in [-0.2, -0.15) is 5.10 Å². The highest BCUT2D eigenvalue weighted by atomic mass is 35.5. The van der Waals surface area contributed by atoms with Gasteiger partial charge in [-0.15, -0.1) is 12.4 Å². The van der Waals surface area contributed by atoms with Crippen LogP contribution in [0.2, 0.25) is 10.0 Å². The second-order valence-corrected chi connectivity index (χ2v) is 6.47. The number of halogens is 3. The predicted octanol–water partition coefficient (Wildman–Crippen LogP) is 3.16. The number of non-ortho nitro benzene ring substituents is 1. The highest BCUT2D eigenvalue weighted by Crippen LogP contribution is 2.32. The molecule has 2 N–H and O–H groups in total. The van der Waals surface area contributed by atoms with Gasteiger partial charge in [0.2, 0.25) is 0 Å². The zero-order chi connectivity index (χ0) is 18.7. The molecule has 8 nitrogen and oxygen atoms in total. The van der Waals surface area contributed by atoms with Crippen molar-refractivity contribution in [3.05, 3.63) is 61.9 Å². The molecule has 0 radical (unpaired) electrons. The number of nitrogens with one attached hydrogen (secondary N) is 2. The molecule has 1 aliphatic heterocycles. The summed E-state index contributed by atoms with van der Waals surface area (Å²) in [5, 5.41) is 21.2. The second-order valence-electron chi connectivity index (χ2n) is 5.66. The van der Waals surface area contributed by atoms with E-state index >= 15 is 0 Å². The summed E-state index contributed by atoms with van der Waals surface area (Å²) >= 11 is 12.2. The number of nitro groups is 1. The van der Waals surface area contributed by atoms with E-state index in [0.29, 0.717) is 6.54 Å². The third kappa shape index (κ3) is 4.98. The van der Waals surface area contributed by atoms with Crippen molar-refractivity contribution in [2.75, 3.05) is 19.6 Å². The van der Waals surface area contributed by atoms with Crippen molar-refractivity contribution in [2.24, 2.45) is 0 Å². The number of amides is 1. The van der Waals surface area contributed by atoms with E-state index in [1.165, 1.54) is 29.1 Å². The van der Waals surface area contributed by atoms with E-state index in [1.807, 2.05) is 0 Å². The van der Waals surface area contributed by atoms with Gasteiger partial charge >= 0.3 is 0 Å². The first-order chi connectivity index (χ1) is 12.5. The van der Waals surface area contributed by atoms with Crippen LogP contribution < -0.4 is 10.6 Å². The summed E-state index contributed by atoms with van der Waals surface area (Å²) in [7, 11) is 0. The molecule has 1 aromatic carbocycles. The summed E-state index contributed by atoms with van der Waals surface area (Å²) in [6, 6.07) is 3.90. The monoisotopic (exact) mass is 431 g/mol. The van der Waals surface area contributed by atoms with E-state index in [-0.39, 0.29) is 45.4 Å². The van der Waals surface area contributed by atoms with Crippen molar-refractivity contribution in [2.45, 2.75) is 6.42 Å². The van der Waals surface area contributed by atoms with Crippen molar-refractivity contribution in [1.29, 1.82) is 0 Å². The van der Waals surface area contributed by atoms with Gasteiger partial charge in [0, 0.05) is 31.4 Å². The van der Waals surface area contributed by atoms with E-state index in [4.69, 9.17) is 23.2 Å². The predicted molar refractivity (Wildman–Crippen MR) is 105 cm³/mol. The zero-order valence-corrected chi connectivity index (χ0v) is 16.3. The quantitative estimate of drug-likeness (QED) is 0.429. The van der Waals surface area contributed by atoms with Crippen LogP contribution in [0.4, 0.5) is 5.69 Å². The van der Waals surface area contributed by atoms with E-state index < -0.39 is 4.92 Å². The normalized spacial score (nSPS) is 13.5. The van der Waals surface area contributed by atoms with Gasteiger partial charge in [-0.3, -0.25) is 14.9 Å². The van der Waals surface area contributed by atoms with Crippen LogP contribution in [0.1, 0.15) is 16.9 Å². The number of nitro benzene ring substituents is 1. The lowest BCUT2D eigenvalue weighted by molar-refractivity contribution is -0.384. The van der Waals surface area contributed by atoms with Crippen LogP contribution in [0.15, 0.2) is 36.0 Å². The molecular weight excluding hydrogens is 417 g/mol. The molecule has 0 saturated carbocycles. The highest BCUT2D eigenvalue weighted by Gasteiger charge is 2.18. The largest absolute Gasteiger partial charge is 0.347 e. The Hall–Kier alpha value is -2.13. The molecular formula is C16H16Cl3N5O3. The topological polar surface area (TPSA) is 102 Å². The van der Waals surface area contributed by atoms with Crippen molar-refractivity contribution in [3.63, 3.8) is 0 Å². The molecule has 0 spiro atoms. The maximum Gasteiger partial charge on any atom is 0.272 e. The van der Waals surface area contributed by atoms with Crippen LogP contribution in [0.5, 0.6) is 0 Å². The van der Waals surface area contributed by atoms with Crippen molar-refractivity contribution in [1.82, 2.24) is 20.4 Å². The maximum atomic E-state index is 12.3. The SMILES string of the molecule is Cl.O=C(NCC1=CCNCC1)c1ccn(-c2c(Cl)cc([N+](=O)[O-])cc2Cl)n1. The average molecular weight is 433 g/mol. The average Bonchev–Trinajstić information content (AvgIpc) is 3.09. The van der Waals surface area contributed by atoms with Gasteiger partial charge in [0.25, 0.3) is 11.6 Å². The molecule has 0 bridgehead atoms. The van der Waals surface area contributed by atoms with Gasteiger partial charge in [-0.25, -0.2) is 4.68 Å². The number of nitrogens with zero attached hydrogens (tertiary/aromatic N) is 3. The van der Waals surface area contributed by atoms with Gasteiger partial charge in [0.15, 0.2) is 5.69 Å². The number of hydrogen-bond donors (Lipinski definition) is 2. The summed E-state index contributed by atoms with van der Waals surface area (Å²) in [5.74, 6) is -0.322. The Kier molecular flexibility index (Phi) is 7.20. The molecule has 0 saturated heterocycles. The van der Waals surface area contributed by atoms with Crippen LogP contribution in [0, 0.1) is 10.1 Å². The minimum Gasteiger partial charge on any atom is -0.347 e.